The van der Waals surface area contributed by atoms with E-state index in [1.807, 2.05) is 0 Å². The third-order valence-electron chi connectivity index (χ3n) is 2.86. The fraction of sp³-hybridized carbons (Fsp3) is 0.333. The Hall–Kier alpha value is -1.59. The summed E-state index contributed by atoms with van der Waals surface area (Å²) in [5.74, 6) is -1.18. The SMILES string of the molecule is O=C(O)C1CN(C(=O)c2ccccc2Cl)CCN1. The molecule has 1 aliphatic rings. The first kappa shape index (κ1) is 12.9. The molecule has 1 fully saturated rings. The largest absolute Gasteiger partial charge is 0.480 e. The normalized spacial score (nSPS) is 19.6. The van der Waals surface area contributed by atoms with E-state index in [9.17, 15) is 9.59 Å². The number of benzene rings is 1. The quantitative estimate of drug-likeness (QED) is 0.834. The van der Waals surface area contributed by atoms with Crippen LogP contribution < -0.4 is 5.32 Å². The highest BCUT2D eigenvalue weighted by Crippen LogP contribution is 2.17. The summed E-state index contributed by atoms with van der Waals surface area (Å²) in [6.07, 6.45) is 0. The lowest BCUT2D eigenvalue weighted by Crippen LogP contribution is -2.55. The Morgan fingerprint density at radius 2 is 2.11 bits per heavy atom. The van der Waals surface area contributed by atoms with Crippen LogP contribution in [0.5, 0.6) is 0 Å². The number of hydrogen-bond donors (Lipinski definition) is 2. The number of piperazine rings is 1. The molecule has 1 amide bonds. The predicted molar refractivity (Wildman–Crippen MR) is 66.8 cm³/mol. The van der Waals surface area contributed by atoms with Crippen LogP contribution >= 0.6 is 11.6 Å². The lowest BCUT2D eigenvalue weighted by atomic mass is 10.1. The van der Waals surface area contributed by atoms with Gasteiger partial charge in [-0.25, -0.2) is 0 Å². The molecule has 96 valence electrons. The molecule has 0 radical (unpaired) electrons. The molecule has 2 N–H and O–H groups in total. The summed E-state index contributed by atoms with van der Waals surface area (Å²) >= 11 is 5.96. The van der Waals surface area contributed by atoms with Gasteiger partial charge < -0.3 is 15.3 Å². The van der Waals surface area contributed by atoms with E-state index in [4.69, 9.17) is 16.7 Å². The van der Waals surface area contributed by atoms with Gasteiger partial charge >= 0.3 is 5.97 Å². The van der Waals surface area contributed by atoms with Gasteiger partial charge in [-0.2, -0.15) is 0 Å². The van der Waals surface area contributed by atoms with Crippen molar-refractivity contribution in [1.82, 2.24) is 10.2 Å². The monoisotopic (exact) mass is 268 g/mol. The first-order valence-corrected chi connectivity index (χ1v) is 5.97. The Kier molecular flexibility index (Phi) is 3.84. The number of nitrogens with zero attached hydrogens (tertiary/aromatic N) is 1. The molecule has 2 rings (SSSR count). The predicted octanol–water partition coefficient (Wildman–Crippen LogP) is 0.839. The number of rotatable bonds is 2. The van der Waals surface area contributed by atoms with Gasteiger partial charge in [0.1, 0.15) is 6.04 Å². The van der Waals surface area contributed by atoms with Crippen molar-refractivity contribution < 1.29 is 14.7 Å². The van der Waals surface area contributed by atoms with E-state index < -0.39 is 12.0 Å². The summed E-state index contributed by atoms with van der Waals surface area (Å²) in [5.41, 5.74) is 0.408. The number of aliphatic carboxylic acids is 1. The highest BCUT2D eigenvalue weighted by Gasteiger charge is 2.28. The van der Waals surface area contributed by atoms with Gasteiger partial charge in [0, 0.05) is 19.6 Å². The standard InChI is InChI=1S/C12H13ClN2O3/c13-9-4-2-1-3-8(9)11(16)15-6-5-14-10(7-15)12(17)18/h1-4,10,14H,5-7H2,(H,17,18). The zero-order chi connectivity index (χ0) is 13.1. The summed E-state index contributed by atoms with van der Waals surface area (Å²) in [5, 5.41) is 12.2. The number of carboxylic acid groups (broad SMARTS) is 1. The second kappa shape index (κ2) is 5.37. The van der Waals surface area contributed by atoms with Crippen LogP contribution in [0.3, 0.4) is 0 Å². The maximum absolute atomic E-state index is 12.2. The third-order valence-corrected chi connectivity index (χ3v) is 3.19. The fourth-order valence-corrected chi connectivity index (χ4v) is 2.12. The van der Waals surface area contributed by atoms with Crippen LogP contribution in [0.2, 0.25) is 5.02 Å². The van der Waals surface area contributed by atoms with Crippen molar-refractivity contribution in [1.29, 1.82) is 0 Å². The lowest BCUT2D eigenvalue weighted by molar-refractivity contribution is -0.140. The Labute approximate surface area is 109 Å². The van der Waals surface area contributed by atoms with E-state index in [-0.39, 0.29) is 12.5 Å². The second-order valence-corrected chi connectivity index (χ2v) is 4.48. The molecule has 1 unspecified atom stereocenters. The van der Waals surface area contributed by atoms with Crippen molar-refractivity contribution in [3.05, 3.63) is 34.9 Å². The first-order chi connectivity index (χ1) is 8.59. The summed E-state index contributed by atoms with van der Waals surface area (Å²) in [6.45, 7) is 1.10. The molecule has 0 bridgehead atoms. The van der Waals surface area contributed by atoms with Crippen molar-refractivity contribution >= 4 is 23.5 Å². The first-order valence-electron chi connectivity index (χ1n) is 5.59. The van der Waals surface area contributed by atoms with Gasteiger partial charge in [-0.3, -0.25) is 9.59 Å². The van der Waals surface area contributed by atoms with E-state index in [0.717, 1.165) is 0 Å². The Balaban J connectivity index is 2.14. The van der Waals surface area contributed by atoms with Gasteiger partial charge in [0.05, 0.1) is 10.6 Å². The maximum atomic E-state index is 12.2. The molecule has 1 aromatic rings. The molecular formula is C12H13ClN2O3. The Morgan fingerprint density at radius 3 is 2.78 bits per heavy atom. The van der Waals surface area contributed by atoms with Crippen LogP contribution in [0.15, 0.2) is 24.3 Å². The van der Waals surface area contributed by atoms with Gasteiger partial charge in [0.15, 0.2) is 0 Å². The molecule has 1 aromatic carbocycles. The smallest absolute Gasteiger partial charge is 0.322 e. The van der Waals surface area contributed by atoms with Gasteiger partial charge in [0.25, 0.3) is 5.91 Å². The van der Waals surface area contributed by atoms with Gasteiger partial charge in [-0.15, -0.1) is 0 Å². The van der Waals surface area contributed by atoms with E-state index in [1.54, 1.807) is 24.3 Å². The zero-order valence-corrected chi connectivity index (χ0v) is 10.4. The van der Waals surface area contributed by atoms with Crippen LogP contribution in [0, 0.1) is 0 Å². The minimum atomic E-state index is -0.952. The van der Waals surface area contributed by atoms with Crippen LogP contribution in [-0.4, -0.2) is 47.6 Å². The average molecular weight is 269 g/mol. The Bertz CT molecular complexity index is 478. The topological polar surface area (TPSA) is 69.6 Å². The highest BCUT2D eigenvalue weighted by molar-refractivity contribution is 6.33. The number of carbonyl (C=O) groups excluding carboxylic acids is 1. The maximum Gasteiger partial charge on any atom is 0.322 e. The third kappa shape index (κ3) is 2.63. The molecule has 1 aliphatic heterocycles. The van der Waals surface area contributed by atoms with E-state index in [1.165, 1.54) is 4.90 Å². The van der Waals surface area contributed by atoms with Gasteiger partial charge in [0.2, 0.25) is 0 Å². The lowest BCUT2D eigenvalue weighted by Gasteiger charge is -2.31. The van der Waals surface area contributed by atoms with Crippen LogP contribution in [-0.2, 0) is 4.79 Å². The summed E-state index contributed by atoms with van der Waals surface area (Å²) in [6, 6.07) is 6.05. The number of amides is 1. The van der Waals surface area contributed by atoms with Crippen LogP contribution in [0.1, 0.15) is 10.4 Å². The van der Waals surface area contributed by atoms with Crippen molar-refractivity contribution in [2.75, 3.05) is 19.6 Å². The minimum Gasteiger partial charge on any atom is -0.480 e. The molecule has 0 saturated carbocycles. The molecule has 0 aliphatic carbocycles. The molecule has 18 heavy (non-hydrogen) atoms. The number of halogens is 1. The van der Waals surface area contributed by atoms with Crippen molar-refractivity contribution in [3.8, 4) is 0 Å². The average Bonchev–Trinajstić information content (AvgIpc) is 2.38. The number of nitrogens with one attached hydrogen (secondary N) is 1. The van der Waals surface area contributed by atoms with Crippen LogP contribution in [0.4, 0.5) is 0 Å². The molecule has 1 atom stereocenters. The molecular weight excluding hydrogens is 256 g/mol. The highest BCUT2D eigenvalue weighted by atomic mass is 35.5. The number of carbonyl (C=O) groups is 2. The van der Waals surface area contributed by atoms with Crippen molar-refractivity contribution in [3.63, 3.8) is 0 Å². The molecule has 5 nitrogen and oxygen atoms in total. The second-order valence-electron chi connectivity index (χ2n) is 4.08. The molecule has 1 saturated heterocycles. The van der Waals surface area contributed by atoms with Gasteiger partial charge in [-0.05, 0) is 12.1 Å². The van der Waals surface area contributed by atoms with Gasteiger partial charge in [-0.1, -0.05) is 23.7 Å². The zero-order valence-electron chi connectivity index (χ0n) is 9.60. The Morgan fingerprint density at radius 1 is 1.39 bits per heavy atom. The van der Waals surface area contributed by atoms with Crippen molar-refractivity contribution in [2.45, 2.75) is 6.04 Å². The number of hydrogen-bond acceptors (Lipinski definition) is 3. The van der Waals surface area contributed by atoms with Crippen molar-refractivity contribution in [2.24, 2.45) is 0 Å². The molecule has 0 aromatic heterocycles. The van der Waals surface area contributed by atoms with E-state index in [0.29, 0.717) is 23.7 Å². The van der Waals surface area contributed by atoms with E-state index in [2.05, 4.69) is 5.32 Å². The summed E-state index contributed by atoms with van der Waals surface area (Å²) in [4.78, 5) is 24.6. The van der Waals surface area contributed by atoms with E-state index >= 15 is 0 Å². The molecule has 0 spiro atoms. The van der Waals surface area contributed by atoms with Crippen LogP contribution in [0.25, 0.3) is 0 Å². The fourth-order valence-electron chi connectivity index (χ4n) is 1.90. The number of carboxylic acids is 1. The molecule has 1 heterocycles. The molecule has 6 heteroatoms. The summed E-state index contributed by atoms with van der Waals surface area (Å²) < 4.78 is 0. The minimum absolute atomic E-state index is 0.152. The summed E-state index contributed by atoms with van der Waals surface area (Å²) in [7, 11) is 0.